The van der Waals surface area contributed by atoms with Gasteiger partial charge in [-0.25, -0.2) is 0 Å². The predicted molar refractivity (Wildman–Crippen MR) is 127 cm³/mol. The van der Waals surface area contributed by atoms with Gasteiger partial charge in [0.05, 0.1) is 15.7 Å². The van der Waals surface area contributed by atoms with Gasteiger partial charge in [-0.05, 0) is 84.5 Å². The standard InChI is InChI=1S/C22H16Cl2IN3O/c1-13-9-15(14(2)28(13)17-7-8-18(23)19(24)11-17)10-16(12-26)22(29)27-21-6-4-3-5-20(21)25/h3-11H,1-2H3,(H,27,29)/b16-10-. The Morgan fingerprint density at radius 3 is 2.52 bits per heavy atom. The number of hydrogen-bond donors (Lipinski definition) is 1. The number of para-hydroxylation sites is 1. The Kier molecular flexibility index (Phi) is 6.68. The molecule has 7 heteroatoms. The van der Waals surface area contributed by atoms with Crippen molar-refractivity contribution in [1.82, 2.24) is 4.57 Å². The van der Waals surface area contributed by atoms with Crippen molar-refractivity contribution in [1.29, 1.82) is 5.26 Å². The molecule has 1 amide bonds. The minimum Gasteiger partial charge on any atom is -0.320 e. The van der Waals surface area contributed by atoms with E-state index in [0.29, 0.717) is 15.7 Å². The number of nitriles is 1. The molecule has 0 unspecified atom stereocenters. The fourth-order valence-corrected chi connectivity index (χ4v) is 3.83. The van der Waals surface area contributed by atoms with E-state index in [9.17, 15) is 10.1 Å². The summed E-state index contributed by atoms with van der Waals surface area (Å²) in [4.78, 5) is 12.6. The molecule has 2 aromatic carbocycles. The van der Waals surface area contributed by atoms with E-state index in [0.717, 1.165) is 26.2 Å². The highest BCUT2D eigenvalue weighted by Gasteiger charge is 2.15. The molecular weight excluding hydrogens is 520 g/mol. The van der Waals surface area contributed by atoms with Gasteiger partial charge in [-0.3, -0.25) is 4.79 Å². The van der Waals surface area contributed by atoms with Crippen LogP contribution in [0.15, 0.2) is 54.1 Å². The molecule has 29 heavy (non-hydrogen) atoms. The molecule has 0 saturated carbocycles. The topological polar surface area (TPSA) is 57.8 Å². The van der Waals surface area contributed by atoms with Gasteiger partial charge in [0.2, 0.25) is 0 Å². The molecular formula is C22H16Cl2IN3O. The van der Waals surface area contributed by atoms with E-state index < -0.39 is 5.91 Å². The second-order valence-electron chi connectivity index (χ2n) is 6.36. The Morgan fingerprint density at radius 2 is 1.86 bits per heavy atom. The minimum atomic E-state index is -0.448. The molecule has 3 aromatic rings. The molecule has 0 spiro atoms. The highest BCUT2D eigenvalue weighted by molar-refractivity contribution is 14.1. The number of anilines is 1. The molecule has 1 N–H and O–H groups in total. The first-order valence-electron chi connectivity index (χ1n) is 8.64. The first kappa shape index (κ1) is 21.4. The molecule has 146 valence electrons. The van der Waals surface area contributed by atoms with Crippen LogP contribution in [0.4, 0.5) is 5.69 Å². The fourth-order valence-electron chi connectivity index (χ4n) is 3.01. The number of aryl methyl sites for hydroxylation is 1. The molecule has 0 saturated heterocycles. The van der Waals surface area contributed by atoms with Crippen LogP contribution in [0.2, 0.25) is 10.0 Å². The molecule has 0 fully saturated rings. The summed E-state index contributed by atoms with van der Waals surface area (Å²) in [5.41, 5.74) is 4.16. The van der Waals surface area contributed by atoms with Crippen molar-refractivity contribution in [3.63, 3.8) is 0 Å². The zero-order valence-electron chi connectivity index (χ0n) is 15.6. The van der Waals surface area contributed by atoms with Gasteiger partial charge in [0.25, 0.3) is 5.91 Å². The lowest BCUT2D eigenvalue weighted by molar-refractivity contribution is -0.112. The lowest BCUT2D eigenvalue weighted by Gasteiger charge is -2.11. The molecule has 3 rings (SSSR count). The Morgan fingerprint density at radius 1 is 1.14 bits per heavy atom. The third kappa shape index (κ3) is 4.67. The number of nitrogens with zero attached hydrogens (tertiary/aromatic N) is 2. The van der Waals surface area contributed by atoms with E-state index in [2.05, 4.69) is 27.9 Å². The van der Waals surface area contributed by atoms with Gasteiger partial charge in [0, 0.05) is 20.6 Å². The van der Waals surface area contributed by atoms with Gasteiger partial charge >= 0.3 is 0 Å². The molecule has 0 aliphatic carbocycles. The minimum absolute atomic E-state index is 0.0269. The fraction of sp³-hybridized carbons (Fsp3) is 0.0909. The second-order valence-corrected chi connectivity index (χ2v) is 8.34. The third-order valence-corrected chi connectivity index (χ3v) is 6.10. The van der Waals surface area contributed by atoms with E-state index in [1.54, 1.807) is 24.3 Å². The van der Waals surface area contributed by atoms with Crippen molar-refractivity contribution in [3.8, 4) is 11.8 Å². The summed E-state index contributed by atoms with van der Waals surface area (Å²) in [6.45, 7) is 3.87. The Balaban J connectivity index is 1.96. The number of hydrogen-bond acceptors (Lipinski definition) is 2. The van der Waals surface area contributed by atoms with Crippen LogP contribution in [-0.2, 0) is 4.79 Å². The molecule has 0 bridgehead atoms. The third-order valence-electron chi connectivity index (χ3n) is 4.42. The van der Waals surface area contributed by atoms with Crippen molar-refractivity contribution in [2.75, 3.05) is 5.32 Å². The van der Waals surface area contributed by atoms with Crippen LogP contribution in [0.3, 0.4) is 0 Å². The van der Waals surface area contributed by atoms with Crippen molar-refractivity contribution in [2.45, 2.75) is 13.8 Å². The summed E-state index contributed by atoms with van der Waals surface area (Å²) in [7, 11) is 0. The highest BCUT2D eigenvalue weighted by atomic mass is 127. The average molecular weight is 536 g/mol. The molecule has 4 nitrogen and oxygen atoms in total. The number of aromatic nitrogens is 1. The van der Waals surface area contributed by atoms with E-state index in [1.165, 1.54) is 0 Å². The number of amides is 1. The molecule has 0 radical (unpaired) electrons. The van der Waals surface area contributed by atoms with E-state index in [4.69, 9.17) is 23.2 Å². The average Bonchev–Trinajstić information content (AvgIpc) is 2.97. The SMILES string of the molecule is Cc1cc(/C=C(/C#N)C(=O)Nc2ccccc2I)c(C)n1-c1ccc(Cl)c(Cl)c1. The molecule has 0 aliphatic heterocycles. The van der Waals surface area contributed by atoms with Gasteiger partial charge in [0.1, 0.15) is 11.6 Å². The van der Waals surface area contributed by atoms with Crippen LogP contribution < -0.4 is 5.32 Å². The van der Waals surface area contributed by atoms with Crippen LogP contribution in [0.1, 0.15) is 17.0 Å². The van der Waals surface area contributed by atoms with Crippen LogP contribution >= 0.6 is 45.8 Å². The molecule has 1 aromatic heterocycles. The van der Waals surface area contributed by atoms with Gasteiger partial charge in [0.15, 0.2) is 0 Å². The maximum absolute atomic E-state index is 12.6. The number of carbonyl (C=O) groups is 1. The summed E-state index contributed by atoms with van der Waals surface area (Å²) >= 11 is 14.3. The van der Waals surface area contributed by atoms with Crippen LogP contribution in [-0.4, -0.2) is 10.5 Å². The number of carbonyl (C=O) groups excluding carboxylic acids is 1. The van der Waals surface area contributed by atoms with E-state index >= 15 is 0 Å². The normalized spacial score (nSPS) is 11.2. The lowest BCUT2D eigenvalue weighted by atomic mass is 10.1. The number of nitrogens with one attached hydrogen (secondary N) is 1. The van der Waals surface area contributed by atoms with Crippen molar-refractivity contribution < 1.29 is 4.79 Å². The second kappa shape index (κ2) is 9.04. The van der Waals surface area contributed by atoms with Crippen LogP contribution in [0, 0.1) is 28.7 Å². The summed E-state index contributed by atoms with van der Waals surface area (Å²) in [5.74, 6) is -0.448. The first-order valence-corrected chi connectivity index (χ1v) is 10.5. The van der Waals surface area contributed by atoms with Gasteiger partial charge in [-0.2, -0.15) is 5.26 Å². The smallest absolute Gasteiger partial charge is 0.266 e. The highest BCUT2D eigenvalue weighted by Crippen LogP contribution is 2.28. The zero-order valence-corrected chi connectivity index (χ0v) is 19.3. The predicted octanol–water partition coefficient (Wildman–Crippen LogP) is 6.55. The van der Waals surface area contributed by atoms with Gasteiger partial charge < -0.3 is 9.88 Å². The van der Waals surface area contributed by atoms with Crippen LogP contribution in [0.5, 0.6) is 0 Å². The zero-order chi connectivity index (χ0) is 21.1. The van der Waals surface area contributed by atoms with Gasteiger partial charge in [-0.1, -0.05) is 35.3 Å². The van der Waals surface area contributed by atoms with Crippen molar-refractivity contribution in [3.05, 3.63) is 84.7 Å². The van der Waals surface area contributed by atoms with Crippen molar-refractivity contribution in [2.24, 2.45) is 0 Å². The number of rotatable bonds is 4. The Bertz CT molecular complexity index is 1180. The van der Waals surface area contributed by atoms with Crippen molar-refractivity contribution >= 4 is 63.5 Å². The Hall–Kier alpha value is -2.27. The molecule has 1 heterocycles. The summed E-state index contributed by atoms with van der Waals surface area (Å²) < 4.78 is 2.90. The van der Waals surface area contributed by atoms with Crippen LogP contribution in [0.25, 0.3) is 11.8 Å². The van der Waals surface area contributed by atoms with E-state index in [-0.39, 0.29) is 5.57 Å². The summed E-state index contributed by atoms with van der Waals surface area (Å²) in [5, 5.41) is 13.3. The molecule has 0 atom stereocenters. The maximum Gasteiger partial charge on any atom is 0.266 e. The molecule has 0 aliphatic rings. The maximum atomic E-state index is 12.6. The quantitative estimate of drug-likeness (QED) is 0.234. The monoisotopic (exact) mass is 535 g/mol. The summed E-state index contributed by atoms with van der Waals surface area (Å²) in [6, 6.07) is 16.7. The largest absolute Gasteiger partial charge is 0.320 e. The lowest BCUT2D eigenvalue weighted by Crippen LogP contribution is -2.14. The van der Waals surface area contributed by atoms with Gasteiger partial charge in [-0.15, -0.1) is 0 Å². The summed E-state index contributed by atoms with van der Waals surface area (Å²) in [6.07, 6.45) is 1.60. The number of halogens is 3. The Labute approximate surface area is 192 Å². The first-order chi connectivity index (χ1) is 13.8. The number of benzene rings is 2. The van der Waals surface area contributed by atoms with E-state index in [1.807, 2.05) is 54.8 Å².